The summed E-state index contributed by atoms with van der Waals surface area (Å²) in [5, 5.41) is 0. The summed E-state index contributed by atoms with van der Waals surface area (Å²) < 4.78 is 0. The first kappa shape index (κ1) is 7.15. The summed E-state index contributed by atoms with van der Waals surface area (Å²) in [5.41, 5.74) is 1.71. The van der Waals surface area contributed by atoms with Gasteiger partial charge in [0.1, 0.15) is 0 Å². The molecule has 0 saturated heterocycles. The molecule has 0 nitrogen and oxygen atoms in total. The molecule has 0 radical (unpaired) electrons. The molecular formula is C11H16. The van der Waals surface area contributed by atoms with E-state index < -0.39 is 0 Å². The van der Waals surface area contributed by atoms with Crippen molar-refractivity contribution in [2.24, 2.45) is 11.8 Å². The van der Waals surface area contributed by atoms with Crippen LogP contribution in [0.15, 0.2) is 23.8 Å². The normalized spacial score (nSPS) is 31.4. The second-order valence-corrected chi connectivity index (χ2v) is 3.99. The highest BCUT2D eigenvalue weighted by molar-refractivity contribution is 5.21. The van der Waals surface area contributed by atoms with Crippen molar-refractivity contribution in [1.82, 2.24) is 0 Å². The van der Waals surface area contributed by atoms with Gasteiger partial charge in [-0.15, -0.1) is 0 Å². The molecule has 2 aliphatic rings. The maximum absolute atomic E-state index is 2.35. The van der Waals surface area contributed by atoms with Gasteiger partial charge in [-0.3, -0.25) is 0 Å². The summed E-state index contributed by atoms with van der Waals surface area (Å²) in [5.74, 6) is 1.85. The smallest absolute Gasteiger partial charge is 0.0200 e. The predicted octanol–water partition coefficient (Wildman–Crippen LogP) is 3.31. The zero-order valence-corrected chi connectivity index (χ0v) is 7.22. The van der Waals surface area contributed by atoms with Gasteiger partial charge in [0.2, 0.25) is 0 Å². The second-order valence-electron chi connectivity index (χ2n) is 3.99. The lowest BCUT2D eigenvalue weighted by Crippen LogP contribution is -1.95. The molecule has 2 rings (SSSR count). The number of hydrogen-bond donors (Lipinski definition) is 0. The molecule has 1 fully saturated rings. The Morgan fingerprint density at radius 3 is 2.91 bits per heavy atom. The number of hydrogen-bond acceptors (Lipinski definition) is 0. The molecule has 0 aromatic rings. The van der Waals surface area contributed by atoms with Crippen LogP contribution in [0.25, 0.3) is 0 Å². The van der Waals surface area contributed by atoms with Crippen molar-refractivity contribution in [2.45, 2.75) is 32.6 Å². The first-order valence-electron chi connectivity index (χ1n) is 4.72. The van der Waals surface area contributed by atoms with Gasteiger partial charge in [0.15, 0.2) is 0 Å². The van der Waals surface area contributed by atoms with Crippen LogP contribution < -0.4 is 0 Å². The van der Waals surface area contributed by atoms with Gasteiger partial charge in [-0.1, -0.05) is 30.7 Å². The maximum Gasteiger partial charge on any atom is -0.0200 e. The average Bonchev–Trinajstić information content (AvgIpc) is 2.71. The topological polar surface area (TPSA) is 0 Å². The Hall–Kier alpha value is -0.520. The summed E-state index contributed by atoms with van der Waals surface area (Å²) >= 11 is 0. The zero-order valence-electron chi connectivity index (χ0n) is 7.22. The maximum atomic E-state index is 2.35. The van der Waals surface area contributed by atoms with E-state index in [0.29, 0.717) is 0 Å². The molecule has 11 heavy (non-hydrogen) atoms. The van der Waals surface area contributed by atoms with Crippen molar-refractivity contribution in [3.8, 4) is 0 Å². The zero-order chi connectivity index (χ0) is 7.68. The highest BCUT2D eigenvalue weighted by Crippen LogP contribution is 2.40. The fourth-order valence-electron chi connectivity index (χ4n) is 1.81. The largest absolute Gasteiger partial charge is 0.0843 e. The van der Waals surface area contributed by atoms with Crippen LogP contribution >= 0.6 is 0 Å². The number of allylic oxidation sites excluding steroid dienone is 4. The quantitative estimate of drug-likeness (QED) is 0.535. The SMILES string of the molecule is CC1CC=CC=C(C2CC2)C1. The van der Waals surface area contributed by atoms with Gasteiger partial charge in [-0.05, 0) is 37.5 Å². The number of rotatable bonds is 1. The van der Waals surface area contributed by atoms with Crippen LogP contribution in [0.2, 0.25) is 0 Å². The Morgan fingerprint density at radius 2 is 2.18 bits per heavy atom. The third kappa shape index (κ3) is 1.74. The lowest BCUT2D eigenvalue weighted by molar-refractivity contribution is 0.575. The van der Waals surface area contributed by atoms with Gasteiger partial charge < -0.3 is 0 Å². The van der Waals surface area contributed by atoms with Crippen LogP contribution in [0.4, 0.5) is 0 Å². The van der Waals surface area contributed by atoms with Gasteiger partial charge in [-0.2, -0.15) is 0 Å². The molecule has 0 amide bonds. The van der Waals surface area contributed by atoms with Crippen LogP contribution in [0.3, 0.4) is 0 Å². The van der Waals surface area contributed by atoms with E-state index in [1.165, 1.54) is 25.7 Å². The highest BCUT2D eigenvalue weighted by atomic mass is 14.3. The molecule has 1 saturated carbocycles. The van der Waals surface area contributed by atoms with Crippen LogP contribution in [0.5, 0.6) is 0 Å². The Kier molecular flexibility index (Phi) is 1.85. The molecule has 0 aliphatic heterocycles. The Labute approximate surface area is 69.0 Å². The molecule has 0 bridgehead atoms. The molecule has 0 aromatic heterocycles. The summed E-state index contributed by atoms with van der Waals surface area (Å²) in [7, 11) is 0. The van der Waals surface area contributed by atoms with E-state index in [9.17, 15) is 0 Å². The summed E-state index contributed by atoms with van der Waals surface area (Å²) in [4.78, 5) is 0. The fourth-order valence-corrected chi connectivity index (χ4v) is 1.81. The van der Waals surface area contributed by atoms with E-state index in [1.54, 1.807) is 5.57 Å². The van der Waals surface area contributed by atoms with E-state index in [0.717, 1.165) is 11.8 Å². The van der Waals surface area contributed by atoms with Crippen LogP contribution in [0, 0.1) is 11.8 Å². The summed E-state index contributed by atoms with van der Waals surface area (Å²) in [6.07, 6.45) is 12.4. The molecule has 60 valence electrons. The van der Waals surface area contributed by atoms with Crippen molar-refractivity contribution in [2.75, 3.05) is 0 Å². The van der Waals surface area contributed by atoms with Crippen LogP contribution in [-0.4, -0.2) is 0 Å². The van der Waals surface area contributed by atoms with Crippen molar-refractivity contribution in [3.63, 3.8) is 0 Å². The van der Waals surface area contributed by atoms with Crippen molar-refractivity contribution < 1.29 is 0 Å². The highest BCUT2D eigenvalue weighted by Gasteiger charge is 2.26. The lowest BCUT2D eigenvalue weighted by Gasteiger charge is -2.08. The molecule has 0 heterocycles. The van der Waals surface area contributed by atoms with Gasteiger partial charge in [0.05, 0.1) is 0 Å². The Balaban J connectivity index is 2.05. The first-order valence-corrected chi connectivity index (χ1v) is 4.72. The van der Waals surface area contributed by atoms with Gasteiger partial charge in [0, 0.05) is 0 Å². The molecule has 1 atom stereocenters. The molecular weight excluding hydrogens is 132 g/mol. The molecule has 1 unspecified atom stereocenters. The van der Waals surface area contributed by atoms with Gasteiger partial charge in [-0.25, -0.2) is 0 Å². The van der Waals surface area contributed by atoms with E-state index in [1.807, 2.05) is 0 Å². The van der Waals surface area contributed by atoms with E-state index in [2.05, 4.69) is 25.2 Å². The molecule has 0 aromatic carbocycles. The van der Waals surface area contributed by atoms with Crippen LogP contribution in [0.1, 0.15) is 32.6 Å². The van der Waals surface area contributed by atoms with Crippen molar-refractivity contribution >= 4 is 0 Å². The lowest BCUT2D eigenvalue weighted by atomic mass is 9.97. The molecule has 0 N–H and O–H groups in total. The standard InChI is InChI=1S/C11H16/c1-9-4-2-3-5-11(8-9)10-6-7-10/h2-3,5,9-10H,4,6-8H2,1H3. The second kappa shape index (κ2) is 2.84. The van der Waals surface area contributed by atoms with Crippen molar-refractivity contribution in [1.29, 1.82) is 0 Å². The van der Waals surface area contributed by atoms with E-state index >= 15 is 0 Å². The van der Waals surface area contributed by atoms with E-state index in [4.69, 9.17) is 0 Å². The monoisotopic (exact) mass is 148 g/mol. The minimum absolute atomic E-state index is 0.876. The first-order chi connectivity index (χ1) is 5.36. The Morgan fingerprint density at radius 1 is 1.36 bits per heavy atom. The third-order valence-electron chi connectivity index (χ3n) is 2.67. The Bertz CT molecular complexity index is 194. The minimum atomic E-state index is 0.876. The van der Waals surface area contributed by atoms with Crippen LogP contribution in [-0.2, 0) is 0 Å². The average molecular weight is 148 g/mol. The molecule has 0 spiro atoms. The molecule has 0 heteroatoms. The van der Waals surface area contributed by atoms with E-state index in [-0.39, 0.29) is 0 Å². The predicted molar refractivity (Wildman–Crippen MR) is 48.3 cm³/mol. The van der Waals surface area contributed by atoms with Crippen molar-refractivity contribution in [3.05, 3.63) is 23.8 Å². The van der Waals surface area contributed by atoms with Gasteiger partial charge in [0.25, 0.3) is 0 Å². The third-order valence-corrected chi connectivity index (χ3v) is 2.67. The summed E-state index contributed by atoms with van der Waals surface area (Å²) in [6, 6.07) is 0. The van der Waals surface area contributed by atoms with Gasteiger partial charge >= 0.3 is 0 Å². The minimum Gasteiger partial charge on any atom is -0.0843 e. The summed E-state index contributed by atoms with van der Waals surface area (Å²) in [6.45, 7) is 2.35. The fraction of sp³-hybridized carbons (Fsp3) is 0.636. The molecule has 2 aliphatic carbocycles.